The van der Waals surface area contributed by atoms with E-state index < -0.39 is 0 Å². The van der Waals surface area contributed by atoms with Crippen LogP contribution >= 0.6 is 0 Å². The first-order valence-electron chi connectivity index (χ1n) is 13.1. The van der Waals surface area contributed by atoms with E-state index in [1.165, 1.54) is 6.42 Å². The van der Waals surface area contributed by atoms with Gasteiger partial charge in [0.15, 0.2) is 0 Å². The average Bonchev–Trinajstić information content (AvgIpc) is 3.65. The van der Waals surface area contributed by atoms with Crippen LogP contribution in [0.25, 0.3) is 0 Å². The Morgan fingerprint density at radius 2 is 1.57 bits per heavy atom. The molecule has 180 valence electrons. The van der Waals surface area contributed by atoms with E-state index in [2.05, 4.69) is 5.16 Å². The summed E-state index contributed by atoms with van der Waals surface area (Å²) in [5.41, 5.74) is 3.06. The third kappa shape index (κ3) is 3.25. The zero-order valence-electron chi connectivity index (χ0n) is 19.7. The van der Waals surface area contributed by atoms with Crippen LogP contribution in [0.15, 0.2) is 59.8 Å². The topological polar surface area (TPSA) is 68.2 Å². The number of imide groups is 1. The zero-order chi connectivity index (χ0) is 23.5. The van der Waals surface area contributed by atoms with Crippen LogP contribution in [0.3, 0.4) is 0 Å². The van der Waals surface area contributed by atoms with Crippen molar-refractivity contribution in [2.75, 3.05) is 0 Å². The molecule has 6 nitrogen and oxygen atoms in total. The molecule has 0 N–H and O–H groups in total. The molecule has 4 fully saturated rings. The number of rotatable bonds is 5. The highest BCUT2D eigenvalue weighted by atomic mass is 16.6. The van der Waals surface area contributed by atoms with Crippen LogP contribution in [0, 0.1) is 29.6 Å². The maximum atomic E-state index is 13.6. The molecule has 0 radical (unpaired) electrons. The second kappa shape index (κ2) is 8.21. The number of carbonyl (C=O) groups is 2. The maximum absolute atomic E-state index is 13.6. The molecule has 0 unspecified atom stereocenters. The Bertz CT molecular complexity index is 1170. The number of oxime groups is 1. The van der Waals surface area contributed by atoms with E-state index in [9.17, 15) is 9.59 Å². The number of fused-ring (bicyclic) bond motifs is 8. The first kappa shape index (κ1) is 21.2. The fourth-order valence-electron chi connectivity index (χ4n) is 7.55. The van der Waals surface area contributed by atoms with Gasteiger partial charge < -0.3 is 9.57 Å². The van der Waals surface area contributed by atoms with E-state index in [0.717, 1.165) is 54.7 Å². The minimum atomic E-state index is -0.209. The summed E-state index contributed by atoms with van der Waals surface area (Å²) in [5.74, 6) is 0.852. The number of benzene rings is 2. The van der Waals surface area contributed by atoms with Gasteiger partial charge in [-0.1, -0.05) is 54.8 Å². The Hall–Kier alpha value is -3.15. The molecule has 2 aliphatic heterocycles. The second-order valence-corrected chi connectivity index (χ2v) is 10.8. The molecule has 0 aromatic heterocycles. The normalized spacial score (nSPS) is 33.5. The van der Waals surface area contributed by atoms with E-state index in [1.807, 2.05) is 54.6 Å². The van der Waals surface area contributed by atoms with E-state index in [1.54, 1.807) is 4.90 Å². The molecule has 3 aliphatic carbocycles. The van der Waals surface area contributed by atoms with Gasteiger partial charge in [0.05, 0.1) is 17.5 Å². The molecule has 2 aromatic carbocycles. The van der Waals surface area contributed by atoms with Crippen molar-refractivity contribution in [1.82, 2.24) is 4.90 Å². The van der Waals surface area contributed by atoms with Crippen LogP contribution in [0.2, 0.25) is 0 Å². The van der Waals surface area contributed by atoms with Gasteiger partial charge in [-0.05, 0) is 55.0 Å². The first-order chi connectivity index (χ1) is 17.2. The Morgan fingerprint density at radius 3 is 2.31 bits per heavy atom. The molecule has 0 spiro atoms. The molecule has 2 amide bonds. The van der Waals surface area contributed by atoms with Crippen LogP contribution in [-0.2, 0) is 21.0 Å². The van der Waals surface area contributed by atoms with Crippen LogP contribution in [-0.4, -0.2) is 34.6 Å². The number of ether oxygens (including phenoxy) is 1. The largest absolute Gasteiger partial charge is 0.489 e. The van der Waals surface area contributed by atoms with Gasteiger partial charge in [-0.2, -0.15) is 0 Å². The quantitative estimate of drug-likeness (QED) is 0.601. The molecular weight excluding hydrogens is 440 g/mol. The minimum Gasteiger partial charge on any atom is -0.489 e. The number of carbonyl (C=O) groups excluding carboxylic acids is 2. The van der Waals surface area contributed by atoms with Gasteiger partial charge in [-0.3, -0.25) is 14.5 Å². The van der Waals surface area contributed by atoms with Gasteiger partial charge in [0.1, 0.15) is 18.5 Å². The van der Waals surface area contributed by atoms with Crippen molar-refractivity contribution in [3.63, 3.8) is 0 Å². The summed E-state index contributed by atoms with van der Waals surface area (Å²) in [7, 11) is 0. The SMILES string of the molecule is O=C1[C@@H]2[C@@H]3C[C@@H]([C@H]4ON=C(c5ccc(OCc6ccccc6)cc5)[C@@H]34)[C@@H]2C(=O)N1C1CCCCC1. The summed E-state index contributed by atoms with van der Waals surface area (Å²) in [6.07, 6.45) is 6.15. The fraction of sp³-hybridized carbons (Fsp3) is 0.483. The standard InChI is InChI=1S/C29H30N2O4/c32-28-23-21-15-22(24(23)29(33)31(28)19-9-5-2-6-10-19)27-25(21)26(30-35-27)18-11-13-20(14-12-18)34-16-17-7-3-1-4-8-17/h1,3-4,7-8,11-14,19,21-25,27H,2,5-6,9-10,15-16H2/t21-,22+,23+,24-,25+,27+/m0/s1. The van der Waals surface area contributed by atoms with E-state index >= 15 is 0 Å². The highest BCUT2D eigenvalue weighted by molar-refractivity contribution is 6.09. The lowest BCUT2D eigenvalue weighted by Crippen LogP contribution is -2.42. The third-order valence-corrected chi connectivity index (χ3v) is 9.06. The Labute approximate surface area is 205 Å². The molecule has 7 rings (SSSR count). The number of nitrogens with zero attached hydrogens (tertiary/aromatic N) is 2. The fourth-order valence-corrected chi connectivity index (χ4v) is 7.55. The number of hydrogen-bond donors (Lipinski definition) is 0. The van der Waals surface area contributed by atoms with Crippen molar-refractivity contribution in [3.8, 4) is 5.75 Å². The zero-order valence-corrected chi connectivity index (χ0v) is 19.7. The van der Waals surface area contributed by atoms with Gasteiger partial charge in [-0.15, -0.1) is 0 Å². The summed E-state index contributed by atoms with van der Waals surface area (Å²) in [5, 5.41) is 4.48. The van der Waals surface area contributed by atoms with Crippen molar-refractivity contribution >= 4 is 17.5 Å². The molecule has 2 bridgehead atoms. The third-order valence-electron chi connectivity index (χ3n) is 9.06. The van der Waals surface area contributed by atoms with Gasteiger partial charge in [-0.25, -0.2) is 0 Å². The van der Waals surface area contributed by atoms with Gasteiger partial charge in [0.2, 0.25) is 11.8 Å². The van der Waals surface area contributed by atoms with Crippen molar-refractivity contribution in [3.05, 3.63) is 65.7 Å². The lowest BCUT2D eigenvalue weighted by Gasteiger charge is -2.30. The second-order valence-electron chi connectivity index (χ2n) is 10.8. The number of likely N-dealkylation sites (tertiary alicyclic amines) is 1. The molecular formula is C29H30N2O4. The summed E-state index contributed by atoms with van der Waals surface area (Å²) in [6, 6.07) is 18.2. The number of amides is 2. The van der Waals surface area contributed by atoms with Crippen molar-refractivity contribution in [2.24, 2.45) is 34.7 Å². The maximum Gasteiger partial charge on any atom is 0.233 e. The van der Waals surface area contributed by atoms with E-state index in [-0.39, 0.29) is 53.5 Å². The molecule has 2 heterocycles. The van der Waals surface area contributed by atoms with Crippen LogP contribution in [0.5, 0.6) is 5.75 Å². The van der Waals surface area contributed by atoms with Crippen LogP contribution in [0.1, 0.15) is 49.7 Å². The summed E-state index contributed by atoms with van der Waals surface area (Å²) in [6.45, 7) is 0.523. The molecule has 6 heteroatoms. The van der Waals surface area contributed by atoms with E-state index in [4.69, 9.17) is 9.57 Å². The number of hydrogen-bond acceptors (Lipinski definition) is 5. The predicted molar refractivity (Wildman–Crippen MR) is 129 cm³/mol. The minimum absolute atomic E-state index is 0.0646. The summed E-state index contributed by atoms with van der Waals surface area (Å²) >= 11 is 0. The van der Waals surface area contributed by atoms with Crippen molar-refractivity contribution in [1.29, 1.82) is 0 Å². The highest BCUT2D eigenvalue weighted by Crippen LogP contribution is 2.62. The Morgan fingerprint density at radius 1 is 0.857 bits per heavy atom. The lowest BCUT2D eigenvalue weighted by molar-refractivity contribution is -0.144. The molecule has 6 atom stereocenters. The average molecular weight is 471 g/mol. The summed E-state index contributed by atoms with van der Waals surface area (Å²) < 4.78 is 5.94. The lowest BCUT2D eigenvalue weighted by atomic mass is 9.71. The van der Waals surface area contributed by atoms with Gasteiger partial charge >= 0.3 is 0 Å². The van der Waals surface area contributed by atoms with Gasteiger partial charge in [0, 0.05) is 23.4 Å². The Balaban J connectivity index is 1.08. The molecule has 35 heavy (non-hydrogen) atoms. The van der Waals surface area contributed by atoms with Crippen molar-refractivity contribution < 1.29 is 19.2 Å². The van der Waals surface area contributed by atoms with Crippen LogP contribution < -0.4 is 4.74 Å². The first-order valence-corrected chi connectivity index (χ1v) is 13.1. The predicted octanol–water partition coefficient (Wildman–Crippen LogP) is 4.57. The molecule has 1 saturated heterocycles. The van der Waals surface area contributed by atoms with E-state index in [0.29, 0.717) is 6.61 Å². The Kier molecular flexibility index (Phi) is 4.97. The molecule has 3 saturated carbocycles. The summed E-state index contributed by atoms with van der Waals surface area (Å²) in [4.78, 5) is 34.6. The van der Waals surface area contributed by atoms with Gasteiger partial charge in [0.25, 0.3) is 0 Å². The van der Waals surface area contributed by atoms with Crippen LogP contribution in [0.4, 0.5) is 0 Å². The molecule has 2 aromatic rings. The monoisotopic (exact) mass is 470 g/mol. The van der Waals surface area contributed by atoms with Crippen molar-refractivity contribution in [2.45, 2.75) is 57.3 Å². The highest BCUT2D eigenvalue weighted by Gasteiger charge is 2.70. The molecule has 5 aliphatic rings. The smallest absolute Gasteiger partial charge is 0.233 e.